The first-order valence-corrected chi connectivity index (χ1v) is 7.54. The van der Waals surface area contributed by atoms with Crippen LogP contribution in [0, 0.1) is 5.41 Å². The van der Waals surface area contributed by atoms with Gasteiger partial charge in [-0.2, -0.15) is 0 Å². The molecule has 2 rings (SSSR count). The molecule has 1 aliphatic carbocycles. The number of carboxylic acids is 1. The summed E-state index contributed by atoms with van der Waals surface area (Å²) in [5.74, 6) is -1.38. The van der Waals surface area contributed by atoms with E-state index >= 15 is 0 Å². The molecule has 0 aliphatic heterocycles. The van der Waals surface area contributed by atoms with Crippen LogP contribution in [0.25, 0.3) is 0 Å². The molecule has 1 saturated carbocycles. The highest BCUT2D eigenvalue weighted by molar-refractivity contribution is 7.91. The quantitative estimate of drug-likeness (QED) is 0.673. The van der Waals surface area contributed by atoms with Gasteiger partial charge in [-0.1, -0.05) is 0 Å². The Kier molecular flexibility index (Phi) is 3.41. The van der Waals surface area contributed by atoms with Crippen LogP contribution in [0.4, 0.5) is 0 Å². The van der Waals surface area contributed by atoms with Gasteiger partial charge in [-0.05, 0) is 12.8 Å². The Morgan fingerprint density at radius 3 is 2.72 bits per heavy atom. The first-order chi connectivity index (χ1) is 8.40. The molecule has 0 amide bonds. The fourth-order valence-electron chi connectivity index (χ4n) is 1.45. The van der Waals surface area contributed by atoms with Gasteiger partial charge in [0.15, 0.2) is 9.90 Å². The molecule has 1 aromatic heterocycles. The highest BCUT2D eigenvalue weighted by Gasteiger charge is 2.43. The minimum atomic E-state index is -3.88. The Balaban J connectivity index is 2.15. The van der Waals surface area contributed by atoms with E-state index in [0.29, 0.717) is 0 Å². The first-order valence-electron chi connectivity index (χ1n) is 5.17. The van der Waals surface area contributed by atoms with Crippen molar-refractivity contribution in [3.63, 3.8) is 0 Å². The molecule has 0 aromatic carbocycles. The number of nitrogens with zero attached hydrogens (tertiary/aromatic N) is 1. The third-order valence-electron chi connectivity index (χ3n) is 2.91. The Morgan fingerprint density at radius 1 is 1.56 bits per heavy atom. The minimum absolute atomic E-state index is 0.0794. The lowest BCUT2D eigenvalue weighted by Crippen LogP contribution is -2.32. The number of thiazole rings is 1. The van der Waals surface area contributed by atoms with Gasteiger partial charge in [0.25, 0.3) is 10.0 Å². The summed E-state index contributed by atoms with van der Waals surface area (Å²) in [5, 5.41) is 17.9. The van der Waals surface area contributed by atoms with Crippen molar-refractivity contribution in [2.75, 3.05) is 13.2 Å². The number of rotatable bonds is 6. The molecule has 9 heteroatoms. The van der Waals surface area contributed by atoms with Crippen molar-refractivity contribution in [3.8, 4) is 0 Å². The largest absolute Gasteiger partial charge is 0.476 e. The number of nitrogens with one attached hydrogen (secondary N) is 1. The van der Waals surface area contributed by atoms with Crippen LogP contribution in [0.3, 0.4) is 0 Å². The Bertz CT molecular complexity index is 561. The zero-order chi connectivity index (χ0) is 13.4. The molecule has 1 fully saturated rings. The maximum atomic E-state index is 11.9. The van der Waals surface area contributed by atoms with Gasteiger partial charge in [-0.15, -0.1) is 11.3 Å². The summed E-state index contributed by atoms with van der Waals surface area (Å²) < 4.78 is 25.9. The number of carbonyl (C=O) groups is 1. The van der Waals surface area contributed by atoms with Crippen molar-refractivity contribution < 1.29 is 23.4 Å². The summed E-state index contributed by atoms with van der Waals surface area (Å²) in [5.41, 5.74) is 0.333. The van der Waals surface area contributed by atoms with E-state index in [9.17, 15) is 13.2 Å². The topological polar surface area (TPSA) is 117 Å². The smallest absolute Gasteiger partial charge is 0.356 e. The second-order valence-corrected chi connectivity index (χ2v) is 7.09. The van der Waals surface area contributed by atoms with Gasteiger partial charge in [-0.25, -0.2) is 22.9 Å². The average molecular weight is 292 g/mol. The van der Waals surface area contributed by atoms with Crippen LogP contribution in [-0.2, 0) is 10.0 Å². The first kappa shape index (κ1) is 13.4. The monoisotopic (exact) mass is 292 g/mol. The van der Waals surface area contributed by atoms with Crippen molar-refractivity contribution in [1.29, 1.82) is 0 Å². The lowest BCUT2D eigenvalue weighted by atomic mass is 10.1. The number of aromatic nitrogens is 1. The van der Waals surface area contributed by atoms with Crippen molar-refractivity contribution in [3.05, 3.63) is 11.2 Å². The van der Waals surface area contributed by atoms with E-state index < -0.39 is 21.7 Å². The molecule has 0 radical (unpaired) electrons. The van der Waals surface area contributed by atoms with Crippen LogP contribution in [0.15, 0.2) is 9.72 Å². The standard InChI is InChI=1S/C9H12N2O5S2/c12-4-9(1-2-9)3-11-18(15,16)8-6(7(13)14)10-5-17-8/h5,11-12H,1-4H2,(H,13,14). The summed E-state index contributed by atoms with van der Waals surface area (Å²) in [6.07, 6.45) is 1.53. The van der Waals surface area contributed by atoms with E-state index in [2.05, 4.69) is 9.71 Å². The zero-order valence-corrected chi connectivity index (χ0v) is 10.9. The molecule has 0 bridgehead atoms. The normalized spacial score (nSPS) is 17.6. The molecule has 1 aromatic rings. The van der Waals surface area contributed by atoms with Crippen LogP contribution in [0.2, 0.25) is 0 Å². The van der Waals surface area contributed by atoms with Crippen LogP contribution < -0.4 is 4.72 Å². The van der Waals surface area contributed by atoms with E-state index in [4.69, 9.17) is 10.2 Å². The molecule has 3 N–H and O–H groups in total. The van der Waals surface area contributed by atoms with Crippen LogP contribution >= 0.6 is 11.3 Å². The van der Waals surface area contributed by atoms with E-state index in [1.165, 1.54) is 5.51 Å². The van der Waals surface area contributed by atoms with E-state index in [0.717, 1.165) is 24.2 Å². The predicted molar refractivity (Wildman–Crippen MR) is 63.0 cm³/mol. The van der Waals surface area contributed by atoms with Gasteiger partial charge in [0.1, 0.15) is 0 Å². The Morgan fingerprint density at radius 2 is 2.22 bits per heavy atom. The molecule has 100 valence electrons. The van der Waals surface area contributed by atoms with Crippen LogP contribution in [0.5, 0.6) is 0 Å². The number of aromatic carboxylic acids is 1. The summed E-state index contributed by atoms with van der Waals surface area (Å²) in [4.78, 5) is 14.3. The fraction of sp³-hybridized carbons (Fsp3) is 0.556. The molecule has 7 nitrogen and oxygen atoms in total. The highest BCUT2D eigenvalue weighted by atomic mass is 32.2. The third kappa shape index (κ3) is 2.53. The number of carboxylic acid groups (broad SMARTS) is 1. The number of hydrogen-bond donors (Lipinski definition) is 3. The molecule has 0 saturated heterocycles. The van der Waals surface area contributed by atoms with E-state index in [-0.39, 0.29) is 22.8 Å². The summed E-state index contributed by atoms with van der Waals surface area (Å²) in [6, 6.07) is 0. The number of aliphatic hydroxyl groups is 1. The number of hydrogen-bond acceptors (Lipinski definition) is 6. The van der Waals surface area contributed by atoms with E-state index in [1.54, 1.807) is 0 Å². The van der Waals surface area contributed by atoms with Gasteiger partial charge < -0.3 is 10.2 Å². The molecular formula is C9H12N2O5S2. The van der Waals surface area contributed by atoms with E-state index in [1.807, 2.05) is 0 Å². The SMILES string of the molecule is O=C(O)c1ncsc1S(=O)(=O)NCC1(CO)CC1. The maximum Gasteiger partial charge on any atom is 0.356 e. The molecule has 0 atom stereocenters. The van der Waals surface area contributed by atoms with Gasteiger partial charge in [-0.3, -0.25) is 0 Å². The molecule has 1 aliphatic rings. The maximum absolute atomic E-state index is 11.9. The lowest BCUT2D eigenvalue weighted by molar-refractivity contribution is 0.0687. The average Bonchev–Trinajstić information content (AvgIpc) is 2.91. The summed E-state index contributed by atoms with van der Waals surface area (Å²) in [6.45, 7) is 0.0345. The fourth-order valence-corrected chi connectivity index (χ4v) is 3.79. The minimum Gasteiger partial charge on any atom is -0.476 e. The van der Waals surface area contributed by atoms with Gasteiger partial charge in [0.2, 0.25) is 0 Å². The zero-order valence-electron chi connectivity index (χ0n) is 9.29. The molecular weight excluding hydrogens is 280 g/mol. The molecule has 0 unspecified atom stereocenters. The molecule has 0 spiro atoms. The van der Waals surface area contributed by atoms with Crippen molar-refractivity contribution >= 4 is 27.3 Å². The summed E-state index contributed by atoms with van der Waals surface area (Å²) >= 11 is 0.758. The Labute approximate surface area is 108 Å². The third-order valence-corrected chi connectivity index (χ3v) is 5.68. The van der Waals surface area contributed by atoms with Crippen molar-refractivity contribution in [2.24, 2.45) is 5.41 Å². The lowest BCUT2D eigenvalue weighted by Gasteiger charge is -2.12. The predicted octanol–water partition coefficient (Wildman–Crippen LogP) is -0.108. The van der Waals surface area contributed by atoms with Crippen molar-refractivity contribution in [1.82, 2.24) is 9.71 Å². The Hall–Kier alpha value is -1.03. The van der Waals surface area contributed by atoms with Crippen LogP contribution in [-0.4, -0.2) is 42.7 Å². The second kappa shape index (κ2) is 4.57. The van der Waals surface area contributed by atoms with Crippen LogP contribution in [0.1, 0.15) is 23.3 Å². The second-order valence-electron chi connectivity index (χ2n) is 4.28. The highest BCUT2D eigenvalue weighted by Crippen LogP contribution is 2.44. The number of aliphatic hydroxyl groups excluding tert-OH is 1. The molecule has 18 heavy (non-hydrogen) atoms. The molecule has 1 heterocycles. The number of sulfonamides is 1. The van der Waals surface area contributed by atoms with Gasteiger partial charge in [0.05, 0.1) is 5.51 Å². The van der Waals surface area contributed by atoms with Gasteiger partial charge >= 0.3 is 5.97 Å². The van der Waals surface area contributed by atoms with Crippen molar-refractivity contribution in [2.45, 2.75) is 17.1 Å². The summed E-state index contributed by atoms with van der Waals surface area (Å²) in [7, 11) is -3.88. The van der Waals surface area contributed by atoms with Gasteiger partial charge in [0, 0.05) is 18.6 Å².